The number of carboxylic acids is 2. The zero-order valence-corrected chi connectivity index (χ0v) is 15.5. The van der Waals surface area contributed by atoms with Crippen LogP contribution in [0.4, 0.5) is 0 Å². The number of carboxylic acid groups (broad SMARTS) is 2. The summed E-state index contributed by atoms with van der Waals surface area (Å²) in [6.45, 7) is -0.173. The minimum atomic E-state index is -1.67. The average molecular weight is 390 g/mol. The van der Waals surface area contributed by atoms with E-state index in [0.717, 1.165) is 0 Å². The first-order valence-corrected chi connectivity index (χ1v) is 8.39. The molecule has 150 valence electrons. The minimum absolute atomic E-state index is 0.0867. The molecule has 0 aliphatic carbocycles. The quantitative estimate of drug-likeness (QED) is 0.601. The monoisotopic (exact) mass is 390 g/mol. The molecule has 2 N–H and O–H groups in total. The maximum Gasteiger partial charge on any atom is 0.336 e. The lowest BCUT2D eigenvalue weighted by Gasteiger charge is -2.21. The van der Waals surface area contributed by atoms with E-state index in [1.54, 1.807) is 48.5 Å². The molecular weight excluding hydrogens is 368 g/mol. The third kappa shape index (κ3) is 5.97. The van der Waals surface area contributed by atoms with Crippen molar-refractivity contribution >= 4 is 11.9 Å². The summed E-state index contributed by atoms with van der Waals surface area (Å²) >= 11 is 0. The first kappa shape index (κ1) is 21.2. The zero-order chi connectivity index (χ0) is 20.5. The summed E-state index contributed by atoms with van der Waals surface area (Å²) in [7, 11) is 3.06. The van der Waals surface area contributed by atoms with Gasteiger partial charge >= 0.3 is 11.9 Å². The minimum Gasteiger partial charge on any atom is -0.497 e. The van der Waals surface area contributed by atoms with Crippen LogP contribution in [0.25, 0.3) is 0 Å². The first-order valence-electron chi connectivity index (χ1n) is 8.39. The third-order valence-electron chi connectivity index (χ3n) is 3.94. The van der Waals surface area contributed by atoms with Crippen LogP contribution in [0.5, 0.6) is 11.5 Å². The lowest BCUT2D eigenvalue weighted by Crippen LogP contribution is -2.43. The summed E-state index contributed by atoms with van der Waals surface area (Å²) in [6, 6.07) is 13.6. The highest BCUT2D eigenvalue weighted by molar-refractivity contribution is 5.83. The molecule has 0 radical (unpaired) electrons. The Balaban J connectivity index is 2.03. The summed E-state index contributed by atoms with van der Waals surface area (Å²) in [5, 5.41) is 18.8. The number of ether oxygens (including phenoxy) is 4. The largest absolute Gasteiger partial charge is 0.497 e. The predicted molar refractivity (Wildman–Crippen MR) is 98.4 cm³/mol. The number of methoxy groups -OCH3 is 2. The maximum absolute atomic E-state index is 11.6. The van der Waals surface area contributed by atoms with Gasteiger partial charge in [-0.05, 0) is 35.4 Å². The number of benzene rings is 2. The van der Waals surface area contributed by atoms with E-state index in [4.69, 9.17) is 18.9 Å². The number of carbonyl (C=O) groups is 2. The van der Waals surface area contributed by atoms with Gasteiger partial charge in [0.1, 0.15) is 11.5 Å². The highest BCUT2D eigenvalue weighted by atomic mass is 16.6. The van der Waals surface area contributed by atoms with E-state index < -0.39 is 24.1 Å². The zero-order valence-electron chi connectivity index (χ0n) is 15.5. The summed E-state index contributed by atoms with van der Waals surface area (Å²) in [5.74, 6) is -1.55. The molecule has 8 heteroatoms. The second kappa shape index (κ2) is 10.3. The fourth-order valence-electron chi connectivity index (χ4n) is 2.39. The highest BCUT2D eigenvalue weighted by Crippen LogP contribution is 2.17. The second-order valence-corrected chi connectivity index (χ2v) is 5.84. The summed E-state index contributed by atoms with van der Waals surface area (Å²) < 4.78 is 20.8. The van der Waals surface area contributed by atoms with Gasteiger partial charge in [-0.2, -0.15) is 0 Å². The fourth-order valence-corrected chi connectivity index (χ4v) is 2.39. The van der Waals surface area contributed by atoms with Crippen LogP contribution in [0.3, 0.4) is 0 Å². The van der Waals surface area contributed by atoms with Gasteiger partial charge < -0.3 is 29.2 Å². The summed E-state index contributed by atoms with van der Waals surface area (Å²) in [4.78, 5) is 23.1. The van der Waals surface area contributed by atoms with Crippen molar-refractivity contribution in [1.82, 2.24) is 0 Å². The van der Waals surface area contributed by atoms with Crippen molar-refractivity contribution < 1.29 is 38.7 Å². The summed E-state index contributed by atoms with van der Waals surface area (Å²) in [5.41, 5.74) is 1.35. The van der Waals surface area contributed by atoms with E-state index in [2.05, 4.69) is 0 Å². The van der Waals surface area contributed by atoms with Crippen molar-refractivity contribution in [1.29, 1.82) is 0 Å². The second-order valence-electron chi connectivity index (χ2n) is 5.84. The molecule has 0 spiro atoms. The van der Waals surface area contributed by atoms with Crippen LogP contribution in [0.2, 0.25) is 0 Å². The molecule has 0 saturated heterocycles. The van der Waals surface area contributed by atoms with Crippen LogP contribution in [0, 0.1) is 0 Å². The van der Waals surface area contributed by atoms with Gasteiger partial charge in [-0.25, -0.2) is 9.59 Å². The van der Waals surface area contributed by atoms with Gasteiger partial charge in [-0.1, -0.05) is 24.3 Å². The van der Waals surface area contributed by atoms with E-state index in [-0.39, 0.29) is 13.2 Å². The van der Waals surface area contributed by atoms with E-state index in [0.29, 0.717) is 22.6 Å². The van der Waals surface area contributed by atoms with Gasteiger partial charge in [0.2, 0.25) is 0 Å². The van der Waals surface area contributed by atoms with Gasteiger partial charge in [-0.3, -0.25) is 0 Å². The molecule has 0 unspecified atom stereocenters. The molecule has 0 fully saturated rings. The molecule has 28 heavy (non-hydrogen) atoms. The predicted octanol–water partition coefficient (Wildman–Crippen LogP) is 2.34. The van der Waals surface area contributed by atoms with Gasteiger partial charge in [-0.15, -0.1) is 0 Å². The Morgan fingerprint density at radius 3 is 1.29 bits per heavy atom. The van der Waals surface area contributed by atoms with Crippen molar-refractivity contribution in [3.63, 3.8) is 0 Å². The number of hydrogen-bond acceptors (Lipinski definition) is 6. The maximum atomic E-state index is 11.6. The van der Waals surface area contributed by atoms with Crippen LogP contribution in [0.15, 0.2) is 48.5 Å². The molecule has 0 amide bonds. The van der Waals surface area contributed by atoms with E-state index in [1.807, 2.05) is 0 Å². The van der Waals surface area contributed by atoms with E-state index in [1.165, 1.54) is 14.2 Å². The molecule has 0 aromatic heterocycles. The molecule has 2 aromatic carbocycles. The topological polar surface area (TPSA) is 112 Å². The SMILES string of the molecule is COc1ccc(CO[C@H](C(=O)O)[C@H](OCc2ccc(OC)cc2)C(=O)O)cc1. The van der Waals surface area contributed by atoms with Gasteiger partial charge in [0.15, 0.2) is 12.2 Å². The third-order valence-corrected chi connectivity index (χ3v) is 3.94. The lowest BCUT2D eigenvalue weighted by molar-refractivity contribution is -0.179. The van der Waals surface area contributed by atoms with Crippen LogP contribution >= 0.6 is 0 Å². The first-order chi connectivity index (χ1) is 13.4. The molecular formula is C20H22O8. The lowest BCUT2D eigenvalue weighted by atomic mass is 10.1. The Hall–Kier alpha value is -3.10. The van der Waals surface area contributed by atoms with Crippen molar-refractivity contribution in [2.24, 2.45) is 0 Å². The Bertz CT molecular complexity index is 702. The van der Waals surface area contributed by atoms with Crippen molar-refractivity contribution in [2.45, 2.75) is 25.4 Å². The number of hydrogen-bond donors (Lipinski definition) is 2. The molecule has 0 heterocycles. The molecule has 0 aliphatic rings. The molecule has 2 atom stereocenters. The Kier molecular flexibility index (Phi) is 7.79. The molecule has 8 nitrogen and oxygen atoms in total. The standard InChI is InChI=1S/C20H22O8/c1-25-15-7-3-13(4-8-15)11-27-17(19(21)22)18(20(23)24)28-12-14-5-9-16(26-2)10-6-14/h3-10,17-18H,11-12H2,1-2H3,(H,21,22)(H,23,24)/t17-,18-/m0/s1. The molecule has 0 saturated carbocycles. The molecule has 2 aromatic rings. The molecule has 0 bridgehead atoms. The normalized spacial score (nSPS) is 12.8. The number of rotatable bonds is 11. The Labute approximate surface area is 162 Å². The van der Waals surface area contributed by atoms with Crippen molar-refractivity contribution in [3.8, 4) is 11.5 Å². The smallest absolute Gasteiger partial charge is 0.336 e. The fraction of sp³-hybridized carbons (Fsp3) is 0.300. The van der Waals surface area contributed by atoms with Crippen LogP contribution < -0.4 is 9.47 Å². The average Bonchev–Trinajstić information content (AvgIpc) is 2.70. The summed E-state index contributed by atoms with van der Waals surface area (Å²) in [6.07, 6.45) is -3.34. The molecule has 0 aliphatic heterocycles. The van der Waals surface area contributed by atoms with Crippen molar-refractivity contribution in [2.75, 3.05) is 14.2 Å². The van der Waals surface area contributed by atoms with Crippen LogP contribution in [0.1, 0.15) is 11.1 Å². The van der Waals surface area contributed by atoms with Crippen LogP contribution in [-0.2, 0) is 32.3 Å². The van der Waals surface area contributed by atoms with Gasteiger partial charge in [0, 0.05) is 0 Å². The van der Waals surface area contributed by atoms with Gasteiger partial charge in [0.05, 0.1) is 27.4 Å². The Morgan fingerprint density at radius 2 is 1.04 bits per heavy atom. The number of aliphatic carboxylic acids is 2. The van der Waals surface area contributed by atoms with E-state index >= 15 is 0 Å². The van der Waals surface area contributed by atoms with Gasteiger partial charge in [0.25, 0.3) is 0 Å². The molecule has 2 rings (SSSR count). The Morgan fingerprint density at radius 1 is 0.714 bits per heavy atom. The van der Waals surface area contributed by atoms with Crippen LogP contribution in [-0.4, -0.2) is 48.6 Å². The van der Waals surface area contributed by atoms with Crippen molar-refractivity contribution in [3.05, 3.63) is 59.7 Å². The van der Waals surface area contributed by atoms with E-state index in [9.17, 15) is 19.8 Å². The highest BCUT2D eigenvalue weighted by Gasteiger charge is 2.36.